The molecule has 0 amide bonds. The zero-order valence-electron chi connectivity index (χ0n) is 8.90. The SMILES string of the molecule is C=CCN(C)c1nccc(C)c1C(=O)O. The second-order valence-corrected chi connectivity index (χ2v) is 3.30. The molecular formula is C11H14N2O2. The van der Waals surface area contributed by atoms with Crippen LogP contribution < -0.4 is 4.90 Å². The van der Waals surface area contributed by atoms with Crippen molar-refractivity contribution in [2.24, 2.45) is 0 Å². The summed E-state index contributed by atoms with van der Waals surface area (Å²) in [7, 11) is 1.79. The number of hydrogen-bond acceptors (Lipinski definition) is 3. The summed E-state index contributed by atoms with van der Waals surface area (Å²) in [6.07, 6.45) is 3.31. The second-order valence-electron chi connectivity index (χ2n) is 3.30. The number of carboxylic acids is 1. The predicted octanol–water partition coefficient (Wildman–Crippen LogP) is 1.71. The molecule has 0 fully saturated rings. The Morgan fingerprint density at radius 3 is 2.93 bits per heavy atom. The fraction of sp³-hybridized carbons (Fsp3) is 0.273. The van der Waals surface area contributed by atoms with Crippen LogP contribution in [0.4, 0.5) is 5.82 Å². The maximum Gasteiger partial charge on any atom is 0.339 e. The Labute approximate surface area is 88.9 Å². The molecule has 15 heavy (non-hydrogen) atoms. The lowest BCUT2D eigenvalue weighted by molar-refractivity contribution is 0.0696. The third kappa shape index (κ3) is 2.34. The zero-order valence-corrected chi connectivity index (χ0v) is 8.90. The predicted molar refractivity (Wildman–Crippen MR) is 59.4 cm³/mol. The summed E-state index contributed by atoms with van der Waals surface area (Å²) < 4.78 is 0. The van der Waals surface area contributed by atoms with Crippen LogP contribution in [-0.2, 0) is 0 Å². The Bertz CT molecular complexity index is 388. The van der Waals surface area contributed by atoms with Crippen molar-refractivity contribution >= 4 is 11.8 Å². The van der Waals surface area contributed by atoms with E-state index in [4.69, 9.17) is 5.11 Å². The largest absolute Gasteiger partial charge is 0.478 e. The summed E-state index contributed by atoms with van der Waals surface area (Å²) in [6, 6.07) is 1.69. The van der Waals surface area contributed by atoms with Gasteiger partial charge in [0, 0.05) is 19.8 Å². The summed E-state index contributed by atoms with van der Waals surface area (Å²) in [5, 5.41) is 9.07. The van der Waals surface area contributed by atoms with Gasteiger partial charge in [0.25, 0.3) is 0 Å². The molecule has 1 aromatic rings. The van der Waals surface area contributed by atoms with Crippen molar-refractivity contribution in [1.82, 2.24) is 4.98 Å². The van der Waals surface area contributed by atoms with E-state index < -0.39 is 5.97 Å². The standard InChI is InChI=1S/C11H14N2O2/c1-4-7-13(3)10-9(11(14)15)8(2)5-6-12-10/h4-6H,1,7H2,2-3H3,(H,14,15). The van der Waals surface area contributed by atoms with Gasteiger partial charge in [0.05, 0.1) is 0 Å². The monoisotopic (exact) mass is 206 g/mol. The topological polar surface area (TPSA) is 53.4 Å². The lowest BCUT2D eigenvalue weighted by Gasteiger charge is -2.18. The molecule has 0 aliphatic heterocycles. The van der Waals surface area contributed by atoms with Gasteiger partial charge in [-0.15, -0.1) is 6.58 Å². The van der Waals surface area contributed by atoms with Crippen LogP contribution in [0.2, 0.25) is 0 Å². The van der Waals surface area contributed by atoms with Crippen LogP contribution in [0.15, 0.2) is 24.9 Å². The van der Waals surface area contributed by atoms with Crippen molar-refractivity contribution in [2.75, 3.05) is 18.5 Å². The molecule has 0 saturated heterocycles. The highest BCUT2D eigenvalue weighted by molar-refractivity contribution is 5.94. The summed E-state index contributed by atoms with van der Waals surface area (Å²) >= 11 is 0. The molecule has 0 saturated carbocycles. The van der Waals surface area contributed by atoms with Crippen LogP contribution in [0, 0.1) is 6.92 Å². The molecule has 1 rings (SSSR count). The number of aromatic nitrogens is 1. The summed E-state index contributed by atoms with van der Waals surface area (Å²) in [5.41, 5.74) is 0.963. The van der Waals surface area contributed by atoms with Crippen molar-refractivity contribution in [1.29, 1.82) is 0 Å². The number of rotatable bonds is 4. The molecule has 0 aliphatic carbocycles. The first kappa shape index (κ1) is 11.2. The molecule has 0 bridgehead atoms. The van der Waals surface area contributed by atoms with E-state index in [0.29, 0.717) is 17.9 Å². The third-order valence-electron chi connectivity index (χ3n) is 2.12. The lowest BCUT2D eigenvalue weighted by Crippen LogP contribution is -2.21. The van der Waals surface area contributed by atoms with E-state index in [1.54, 1.807) is 37.2 Å². The number of aromatic carboxylic acids is 1. The molecule has 4 nitrogen and oxygen atoms in total. The van der Waals surface area contributed by atoms with Crippen molar-refractivity contribution in [3.63, 3.8) is 0 Å². The fourth-order valence-corrected chi connectivity index (χ4v) is 1.38. The van der Waals surface area contributed by atoms with Gasteiger partial charge >= 0.3 is 5.97 Å². The number of carbonyl (C=O) groups is 1. The molecule has 1 aromatic heterocycles. The molecular weight excluding hydrogens is 192 g/mol. The van der Waals surface area contributed by atoms with Gasteiger partial charge in [0.15, 0.2) is 0 Å². The van der Waals surface area contributed by atoms with Gasteiger partial charge < -0.3 is 10.0 Å². The maximum atomic E-state index is 11.1. The molecule has 1 heterocycles. The van der Waals surface area contributed by atoms with E-state index in [1.165, 1.54) is 0 Å². The number of anilines is 1. The number of aryl methyl sites for hydroxylation is 1. The normalized spacial score (nSPS) is 9.73. The molecule has 0 aliphatic rings. The molecule has 4 heteroatoms. The van der Waals surface area contributed by atoms with Crippen LogP contribution in [0.25, 0.3) is 0 Å². The van der Waals surface area contributed by atoms with E-state index in [2.05, 4.69) is 11.6 Å². The molecule has 80 valence electrons. The van der Waals surface area contributed by atoms with Crippen LogP contribution in [-0.4, -0.2) is 29.7 Å². The molecule has 0 atom stereocenters. The zero-order chi connectivity index (χ0) is 11.4. The molecule has 0 unspecified atom stereocenters. The first-order valence-corrected chi connectivity index (χ1v) is 4.59. The summed E-state index contributed by atoms with van der Waals surface area (Å²) in [4.78, 5) is 16.9. The minimum atomic E-state index is -0.952. The average Bonchev–Trinajstić information content (AvgIpc) is 2.17. The van der Waals surface area contributed by atoms with Crippen LogP contribution >= 0.6 is 0 Å². The number of hydrogen-bond donors (Lipinski definition) is 1. The van der Waals surface area contributed by atoms with Gasteiger partial charge in [-0.2, -0.15) is 0 Å². The third-order valence-corrected chi connectivity index (χ3v) is 2.12. The van der Waals surface area contributed by atoms with E-state index in [-0.39, 0.29) is 5.56 Å². The van der Waals surface area contributed by atoms with Gasteiger partial charge in [0.2, 0.25) is 0 Å². The number of likely N-dealkylation sites (N-methyl/N-ethyl adjacent to an activating group) is 1. The first-order valence-electron chi connectivity index (χ1n) is 4.59. The molecule has 0 spiro atoms. The highest BCUT2D eigenvalue weighted by Crippen LogP contribution is 2.19. The Hall–Kier alpha value is -1.84. The first-order chi connectivity index (χ1) is 7.07. The van der Waals surface area contributed by atoms with E-state index in [0.717, 1.165) is 0 Å². The Kier molecular flexibility index (Phi) is 3.44. The molecule has 0 radical (unpaired) electrons. The summed E-state index contributed by atoms with van der Waals surface area (Å²) in [6.45, 7) is 5.93. The average molecular weight is 206 g/mol. The minimum absolute atomic E-state index is 0.252. The molecule has 0 aromatic carbocycles. The van der Waals surface area contributed by atoms with Crippen molar-refractivity contribution in [3.05, 3.63) is 36.0 Å². The Morgan fingerprint density at radius 2 is 2.40 bits per heavy atom. The van der Waals surface area contributed by atoms with Gasteiger partial charge in [-0.05, 0) is 18.6 Å². The van der Waals surface area contributed by atoms with E-state index in [1.807, 2.05) is 0 Å². The highest BCUT2D eigenvalue weighted by atomic mass is 16.4. The van der Waals surface area contributed by atoms with Crippen LogP contribution in [0.1, 0.15) is 15.9 Å². The van der Waals surface area contributed by atoms with Crippen molar-refractivity contribution < 1.29 is 9.90 Å². The Balaban J connectivity index is 3.22. The fourth-order valence-electron chi connectivity index (χ4n) is 1.38. The van der Waals surface area contributed by atoms with Gasteiger partial charge in [-0.1, -0.05) is 6.08 Å². The lowest BCUT2D eigenvalue weighted by atomic mass is 10.1. The Morgan fingerprint density at radius 1 is 1.73 bits per heavy atom. The number of nitrogens with zero attached hydrogens (tertiary/aromatic N) is 2. The van der Waals surface area contributed by atoms with Gasteiger partial charge in [0.1, 0.15) is 11.4 Å². The quantitative estimate of drug-likeness (QED) is 0.762. The minimum Gasteiger partial charge on any atom is -0.478 e. The summed E-state index contributed by atoms with van der Waals surface area (Å²) in [5.74, 6) is -0.478. The van der Waals surface area contributed by atoms with Gasteiger partial charge in [-0.3, -0.25) is 0 Å². The van der Waals surface area contributed by atoms with E-state index in [9.17, 15) is 4.79 Å². The highest BCUT2D eigenvalue weighted by Gasteiger charge is 2.16. The van der Waals surface area contributed by atoms with Crippen LogP contribution in [0.5, 0.6) is 0 Å². The van der Waals surface area contributed by atoms with Gasteiger partial charge in [-0.25, -0.2) is 9.78 Å². The maximum absolute atomic E-state index is 11.1. The van der Waals surface area contributed by atoms with E-state index >= 15 is 0 Å². The van der Waals surface area contributed by atoms with Crippen molar-refractivity contribution in [3.8, 4) is 0 Å². The van der Waals surface area contributed by atoms with Crippen LogP contribution in [0.3, 0.4) is 0 Å². The smallest absolute Gasteiger partial charge is 0.339 e. The number of carboxylic acid groups (broad SMARTS) is 1. The second kappa shape index (κ2) is 4.59. The molecule has 1 N–H and O–H groups in total. The van der Waals surface area contributed by atoms with Crippen molar-refractivity contribution in [2.45, 2.75) is 6.92 Å². The number of pyridine rings is 1.